The Bertz CT molecular complexity index is 682. The minimum atomic E-state index is -0.311. The quantitative estimate of drug-likeness (QED) is 0.909. The maximum Gasteiger partial charge on any atom is 0.243 e. The molecule has 2 N–H and O–H groups in total. The molecule has 7 heteroatoms. The normalized spacial score (nSPS) is 18.5. The zero-order valence-corrected chi connectivity index (χ0v) is 13.1. The molecule has 2 aromatic rings. The summed E-state index contributed by atoms with van der Waals surface area (Å²) in [5, 5.41) is 12.8. The molecule has 1 aliphatic heterocycles. The van der Waals surface area contributed by atoms with Crippen LogP contribution in [0.25, 0.3) is 10.2 Å². The number of thiazole rings is 1. The smallest absolute Gasteiger partial charge is 0.243 e. The maximum absolute atomic E-state index is 13.2. The van der Waals surface area contributed by atoms with Gasteiger partial charge in [0.1, 0.15) is 5.82 Å². The third kappa shape index (κ3) is 3.26. The van der Waals surface area contributed by atoms with E-state index in [0.29, 0.717) is 41.3 Å². The Balaban J connectivity index is 1.67. The van der Waals surface area contributed by atoms with Gasteiger partial charge in [-0.05, 0) is 38.0 Å². The van der Waals surface area contributed by atoms with Gasteiger partial charge >= 0.3 is 0 Å². The molecule has 1 unspecified atom stereocenters. The molecule has 0 radical (unpaired) electrons. The molecule has 0 spiro atoms. The van der Waals surface area contributed by atoms with E-state index in [1.54, 1.807) is 6.07 Å². The van der Waals surface area contributed by atoms with Crippen LogP contribution in [0.15, 0.2) is 18.2 Å². The lowest BCUT2D eigenvalue weighted by Crippen LogP contribution is -2.47. The maximum atomic E-state index is 13.2. The van der Waals surface area contributed by atoms with Crippen LogP contribution in [0.1, 0.15) is 19.8 Å². The number of anilines is 1. The van der Waals surface area contributed by atoms with Crippen molar-refractivity contribution in [3.05, 3.63) is 24.0 Å². The summed E-state index contributed by atoms with van der Waals surface area (Å²) in [5.41, 5.74) is 0.676. The topological polar surface area (TPSA) is 65.5 Å². The van der Waals surface area contributed by atoms with E-state index < -0.39 is 0 Å². The predicted octanol–water partition coefficient (Wildman–Crippen LogP) is 2.22. The van der Waals surface area contributed by atoms with Crippen molar-refractivity contribution < 1.29 is 14.3 Å². The standard InChI is InChI=1S/C15H18FN3O2S/c1-9(19-6-4-11(20)5-7-19)14(21)18-15-17-12-3-2-10(16)8-13(12)22-15/h2-3,8-9,11,20H,4-7H2,1H3,(H,17,18,21). The Hall–Kier alpha value is -1.57. The van der Waals surface area contributed by atoms with Gasteiger partial charge in [-0.2, -0.15) is 0 Å². The van der Waals surface area contributed by atoms with Crippen LogP contribution < -0.4 is 5.32 Å². The molecule has 1 aromatic heterocycles. The first-order chi connectivity index (χ1) is 10.5. The number of aliphatic hydroxyl groups is 1. The zero-order chi connectivity index (χ0) is 15.7. The van der Waals surface area contributed by atoms with Gasteiger partial charge in [-0.25, -0.2) is 9.37 Å². The molecule has 1 amide bonds. The van der Waals surface area contributed by atoms with Crippen LogP contribution in [0, 0.1) is 5.82 Å². The molecule has 0 aliphatic carbocycles. The number of hydrogen-bond acceptors (Lipinski definition) is 5. The number of carbonyl (C=O) groups is 1. The molecule has 5 nitrogen and oxygen atoms in total. The van der Waals surface area contributed by atoms with Gasteiger partial charge in [0.15, 0.2) is 5.13 Å². The SMILES string of the molecule is CC(C(=O)Nc1nc2ccc(F)cc2s1)N1CCC(O)CC1. The van der Waals surface area contributed by atoms with E-state index in [1.165, 1.54) is 23.5 Å². The van der Waals surface area contributed by atoms with Gasteiger partial charge in [0.05, 0.1) is 22.4 Å². The molecule has 1 aromatic carbocycles. The Morgan fingerprint density at radius 3 is 2.95 bits per heavy atom. The second kappa shape index (κ2) is 6.28. The van der Waals surface area contributed by atoms with Crippen LogP contribution in [0.4, 0.5) is 9.52 Å². The van der Waals surface area contributed by atoms with E-state index in [9.17, 15) is 14.3 Å². The Morgan fingerprint density at radius 1 is 1.50 bits per heavy atom. The van der Waals surface area contributed by atoms with E-state index in [2.05, 4.69) is 15.2 Å². The molecule has 1 fully saturated rings. The number of hydrogen-bond donors (Lipinski definition) is 2. The number of nitrogens with zero attached hydrogens (tertiary/aromatic N) is 2. The van der Waals surface area contributed by atoms with Crippen LogP contribution >= 0.6 is 11.3 Å². The van der Waals surface area contributed by atoms with Crippen molar-refractivity contribution in [2.75, 3.05) is 18.4 Å². The number of fused-ring (bicyclic) bond motifs is 1. The summed E-state index contributed by atoms with van der Waals surface area (Å²) < 4.78 is 13.9. The first kappa shape index (κ1) is 15.3. The molecule has 118 valence electrons. The summed E-state index contributed by atoms with van der Waals surface area (Å²) in [6.45, 7) is 3.27. The Kier molecular flexibility index (Phi) is 4.37. The Labute approximate surface area is 131 Å². The van der Waals surface area contributed by atoms with Crippen molar-refractivity contribution in [2.24, 2.45) is 0 Å². The molecule has 2 heterocycles. The first-order valence-corrected chi connectivity index (χ1v) is 8.13. The number of aliphatic hydroxyl groups excluding tert-OH is 1. The lowest BCUT2D eigenvalue weighted by molar-refractivity contribution is -0.121. The van der Waals surface area contributed by atoms with Gasteiger partial charge in [-0.3, -0.25) is 9.69 Å². The van der Waals surface area contributed by atoms with Gasteiger partial charge in [0, 0.05) is 13.1 Å². The van der Waals surface area contributed by atoms with Gasteiger partial charge in [-0.15, -0.1) is 0 Å². The van der Waals surface area contributed by atoms with E-state index in [0.717, 1.165) is 0 Å². The number of aromatic nitrogens is 1. The molecular weight excluding hydrogens is 305 g/mol. The van der Waals surface area contributed by atoms with Crippen LogP contribution in [-0.2, 0) is 4.79 Å². The van der Waals surface area contributed by atoms with Crippen molar-refractivity contribution in [2.45, 2.75) is 31.9 Å². The molecule has 22 heavy (non-hydrogen) atoms. The van der Waals surface area contributed by atoms with Crippen LogP contribution in [0.2, 0.25) is 0 Å². The van der Waals surface area contributed by atoms with E-state index in [4.69, 9.17) is 0 Å². The van der Waals surface area contributed by atoms with Crippen LogP contribution in [0.3, 0.4) is 0 Å². The van der Waals surface area contributed by atoms with Crippen molar-refractivity contribution >= 4 is 32.6 Å². The minimum absolute atomic E-state index is 0.129. The number of nitrogens with one attached hydrogen (secondary N) is 1. The fourth-order valence-electron chi connectivity index (χ4n) is 2.60. The van der Waals surface area contributed by atoms with Crippen molar-refractivity contribution in [3.8, 4) is 0 Å². The highest BCUT2D eigenvalue weighted by atomic mass is 32.1. The average molecular weight is 323 g/mol. The fourth-order valence-corrected chi connectivity index (χ4v) is 3.49. The summed E-state index contributed by atoms with van der Waals surface area (Å²) in [4.78, 5) is 18.7. The van der Waals surface area contributed by atoms with Gasteiger partial charge in [0.25, 0.3) is 0 Å². The highest BCUT2D eigenvalue weighted by molar-refractivity contribution is 7.22. The number of carbonyl (C=O) groups excluding carboxylic acids is 1. The number of rotatable bonds is 3. The number of likely N-dealkylation sites (tertiary alicyclic amines) is 1. The van der Waals surface area contributed by atoms with Crippen LogP contribution in [0.5, 0.6) is 0 Å². The lowest BCUT2D eigenvalue weighted by atomic mass is 10.1. The molecule has 1 saturated heterocycles. The zero-order valence-electron chi connectivity index (χ0n) is 12.3. The third-order valence-electron chi connectivity index (χ3n) is 4.01. The van der Waals surface area contributed by atoms with Gasteiger partial charge < -0.3 is 10.4 Å². The van der Waals surface area contributed by atoms with Gasteiger partial charge in [0.2, 0.25) is 5.91 Å². The number of halogens is 1. The number of benzene rings is 1. The summed E-state index contributed by atoms with van der Waals surface area (Å²) in [7, 11) is 0. The molecule has 1 atom stereocenters. The van der Waals surface area contributed by atoms with Gasteiger partial charge in [-0.1, -0.05) is 11.3 Å². The van der Waals surface area contributed by atoms with Crippen molar-refractivity contribution in [3.63, 3.8) is 0 Å². The van der Waals surface area contributed by atoms with Crippen molar-refractivity contribution in [1.29, 1.82) is 0 Å². The summed E-state index contributed by atoms with van der Waals surface area (Å²) in [6, 6.07) is 4.09. The summed E-state index contributed by atoms with van der Waals surface area (Å²) in [5.74, 6) is -0.440. The monoisotopic (exact) mass is 323 g/mol. The molecule has 1 aliphatic rings. The second-order valence-electron chi connectivity index (χ2n) is 5.56. The summed E-state index contributed by atoms with van der Waals surface area (Å²) in [6.07, 6.45) is 1.13. The highest BCUT2D eigenvalue weighted by Gasteiger charge is 2.26. The fraction of sp³-hybridized carbons (Fsp3) is 0.467. The highest BCUT2D eigenvalue weighted by Crippen LogP contribution is 2.26. The molecule has 0 saturated carbocycles. The largest absolute Gasteiger partial charge is 0.393 e. The van der Waals surface area contributed by atoms with Crippen LogP contribution in [-0.4, -0.2) is 46.1 Å². The van der Waals surface area contributed by atoms with Crippen molar-refractivity contribution in [1.82, 2.24) is 9.88 Å². The first-order valence-electron chi connectivity index (χ1n) is 7.32. The second-order valence-corrected chi connectivity index (χ2v) is 6.59. The van der Waals surface area contributed by atoms with E-state index in [-0.39, 0.29) is 23.9 Å². The predicted molar refractivity (Wildman–Crippen MR) is 84.5 cm³/mol. The molecular formula is C15H18FN3O2S. The molecule has 3 rings (SSSR count). The molecule has 0 bridgehead atoms. The Morgan fingerprint density at radius 2 is 2.23 bits per heavy atom. The minimum Gasteiger partial charge on any atom is -0.393 e. The van der Waals surface area contributed by atoms with E-state index >= 15 is 0 Å². The average Bonchev–Trinajstić information content (AvgIpc) is 2.88. The number of piperidine rings is 1. The summed E-state index contributed by atoms with van der Waals surface area (Å²) >= 11 is 1.26. The van der Waals surface area contributed by atoms with E-state index in [1.807, 2.05) is 6.92 Å². The number of amides is 1. The lowest BCUT2D eigenvalue weighted by Gasteiger charge is -2.33. The third-order valence-corrected chi connectivity index (χ3v) is 4.94.